The van der Waals surface area contributed by atoms with Crippen LogP contribution in [0.25, 0.3) is 22.4 Å². The number of pyridine rings is 1. The molecule has 0 saturated carbocycles. The highest BCUT2D eigenvalue weighted by atomic mass is 16.1. The first-order valence-electron chi connectivity index (χ1n) is 9.84. The lowest BCUT2D eigenvalue weighted by molar-refractivity contribution is 0.0948. The molecule has 148 valence electrons. The van der Waals surface area contributed by atoms with Crippen LogP contribution < -0.4 is 5.32 Å². The SMILES string of the molecule is CC(C)n1c(CCCNC(=O)c2cc(-c3ccccn3)n[nH]2)nc2ccccc21. The first kappa shape index (κ1) is 18.9. The summed E-state index contributed by atoms with van der Waals surface area (Å²) >= 11 is 0. The third kappa shape index (κ3) is 4.03. The molecule has 1 aromatic carbocycles. The summed E-state index contributed by atoms with van der Waals surface area (Å²) < 4.78 is 2.27. The topological polar surface area (TPSA) is 88.5 Å². The predicted molar refractivity (Wildman–Crippen MR) is 113 cm³/mol. The van der Waals surface area contributed by atoms with Crippen molar-refractivity contribution < 1.29 is 4.79 Å². The molecule has 7 nitrogen and oxygen atoms in total. The van der Waals surface area contributed by atoms with E-state index in [9.17, 15) is 4.79 Å². The summed E-state index contributed by atoms with van der Waals surface area (Å²) in [6.45, 7) is 4.89. The lowest BCUT2D eigenvalue weighted by Crippen LogP contribution is -2.25. The van der Waals surface area contributed by atoms with E-state index in [0.717, 1.165) is 35.4 Å². The minimum absolute atomic E-state index is 0.169. The van der Waals surface area contributed by atoms with Crippen molar-refractivity contribution in [2.45, 2.75) is 32.7 Å². The van der Waals surface area contributed by atoms with E-state index < -0.39 is 0 Å². The molecule has 0 aliphatic carbocycles. The number of aromatic amines is 1. The molecule has 2 N–H and O–H groups in total. The fourth-order valence-corrected chi connectivity index (χ4v) is 3.47. The van der Waals surface area contributed by atoms with Crippen molar-refractivity contribution in [3.8, 4) is 11.4 Å². The zero-order valence-electron chi connectivity index (χ0n) is 16.6. The standard InChI is InChI=1S/C22H24N6O/c1-15(2)28-20-10-4-3-9-17(20)25-21(28)11-7-13-24-22(29)19-14-18(26-27-19)16-8-5-6-12-23-16/h3-6,8-10,12,14-15H,7,11,13H2,1-2H3,(H,24,29)(H,26,27). The maximum Gasteiger partial charge on any atom is 0.269 e. The Kier molecular flexibility index (Phi) is 5.37. The van der Waals surface area contributed by atoms with Gasteiger partial charge in [-0.1, -0.05) is 18.2 Å². The Labute approximate surface area is 169 Å². The third-order valence-electron chi connectivity index (χ3n) is 4.80. The Morgan fingerprint density at radius 3 is 2.76 bits per heavy atom. The van der Waals surface area contributed by atoms with E-state index >= 15 is 0 Å². The molecule has 0 aliphatic rings. The number of rotatable bonds is 7. The number of aryl methyl sites for hydroxylation is 1. The largest absolute Gasteiger partial charge is 0.351 e. The van der Waals surface area contributed by atoms with E-state index in [2.05, 4.69) is 45.0 Å². The normalized spacial score (nSPS) is 11.3. The number of H-pyrrole nitrogens is 1. The fraction of sp³-hybridized carbons (Fsp3) is 0.273. The number of carbonyl (C=O) groups excluding carboxylic acids is 1. The van der Waals surface area contributed by atoms with E-state index in [0.29, 0.717) is 24.0 Å². The molecular weight excluding hydrogens is 364 g/mol. The van der Waals surface area contributed by atoms with E-state index in [-0.39, 0.29) is 5.91 Å². The summed E-state index contributed by atoms with van der Waals surface area (Å²) in [6, 6.07) is 15.8. The second-order valence-corrected chi connectivity index (χ2v) is 7.22. The van der Waals surface area contributed by atoms with Gasteiger partial charge >= 0.3 is 0 Å². The van der Waals surface area contributed by atoms with Gasteiger partial charge in [0.05, 0.1) is 16.7 Å². The Morgan fingerprint density at radius 1 is 1.14 bits per heavy atom. The second-order valence-electron chi connectivity index (χ2n) is 7.22. The molecule has 7 heteroatoms. The fourth-order valence-electron chi connectivity index (χ4n) is 3.47. The van der Waals surface area contributed by atoms with Crippen LogP contribution in [0.2, 0.25) is 0 Å². The number of nitrogens with one attached hydrogen (secondary N) is 2. The van der Waals surface area contributed by atoms with Crippen molar-refractivity contribution in [2.24, 2.45) is 0 Å². The number of imidazole rings is 1. The molecule has 0 saturated heterocycles. The van der Waals surface area contributed by atoms with Gasteiger partial charge < -0.3 is 9.88 Å². The van der Waals surface area contributed by atoms with Crippen molar-refractivity contribution in [1.82, 2.24) is 30.0 Å². The summed E-state index contributed by atoms with van der Waals surface area (Å²) in [5.41, 5.74) is 3.98. The monoisotopic (exact) mass is 388 g/mol. The summed E-state index contributed by atoms with van der Waals surface area (Å²) in [4.78, 5) is 21.4. The Balaban J connectivity index is 1.35. The highest BCUT2D eigenvalue weighted by Gasteiger charge is 2.14. The molecule has 29 heavy (non-hydrogen) atoms. The van der Waals surface area contributed by atoms with Gasteiger partial charge in [-0.05, 0) is 50.6 Å². The molecule has 3 heterocycles. The van der Waals surface area contributed by atoms with Crippen LogP contribution in [-0.2, 0) is 6.42 Å². The molecule has 4 rings (SSSR count). The number of carbonyl (C=O) groups is 1. The molecule has 1 amide bonds. The number of fused-ring (bicyclic) bond motifs is 1. The highest BCUT2D eigenvalue weighted by Crippen LogP contribution is 2.21. The molecule has 0 spiro atoms. The lowest BCUT2D eigenvalue weighted by Gasteiger charge is -2.13. The van der Waals surface area contributed by atoms with E-state index in [1.165, 1.54) is 0 Å². The van der Waals surface area contributed by atoms with Crippen LogP contribution in [0.5, 0.6) is 0 Å². The zero-order valence-corrected chi connectivity index (χ0v) is 16.6. The minimum atomic E-state index is -0.169. The first-order valence-corrected chi connectivity index (χ1v) is 9.84. The predicted octanol–water partition coefficient (Wildman–Crippen LogP) is 3.76. The number of hydrogen-bond donors (Lipinski definition) is 2. The summed E-state index contributed by atoms with van der Waals surface area (Å²) in [5.74, 6) is 0.881. The van der Waals surface area contributed by atoms with Gasteiger partial charge in [0.15, 0.2) is 0 Å². The molecule has 4 aromatic rings. The zero-order chi connectivity index (χ0) is 20.2. The summed E-state index contributed by atoms with van der Waals surface area (Å²) in [6.07, 6.45) is 3.31. The number of aromatic nitrogens is 5. The van der Waals surface area contributed by atoms with Crippen molar-refractivity contribution in [3.05, 3.63) is 66.2 Å². The minimum Gasteiger partial charge on any atom is -0.351 e. The molecule has 0 bridgehead atoms. The van der Waals surface area contributed by atoms with Crippen LogP contribution in [0.3, 0.4) is 0 Å². The maximum atomic E-state index is 12.4. The van der Waals surface area contributed by atoms with Gasteiger partial charge in [0, 0.05) is 25.2 Å². The van der Waals surface area contributed by atoms with Gasteiger partial charge in [0.25, 0.3) is 5.91 Å². The number of hydrogen-bond acceptors (Lipinski definition) is 4. The Morgan fingerprint density at radius 2 is 1.97 bits per heavy atom. The summed E-state index contributed by atoms with van der Waals surface area (Å²) in [7, 11) is 0. The van der Waals surface area contributed by atoms with Gasteiger partial charge in [-0.15, -0.1) is 0 Å². The molecule has 0 aliphatic heterocycles. The maximum absolute atomic E-state index is 12.4. The second kappa shape index (κ2) is 8.26. The van der Waals surface area contributed by atoms with Crippen LogP contribution in [0, 0.1) is 0 Å². The molecule has 0 radical (unpaired) electrons. The van der Waals surface area contributed by atoms with Crippen molar-refractivity contribution in [3.63, 3.8) is 0 Å². The first-order chi connectivity index (χ1) is 14.1. The average molecular weight is 388 g/mol. The van der Waals surface area contributed by atoms with Crippen LogP contribution in [0.4, 0.5) is 0 Å². The molecule has 0 atom stereocenters. The Bertz CT molecular complexity index is 1110. The van der Waals surface area contributed by atoms with Crippen LogP contribution in [0.1, 0.15) is 42.6 Å². The molecule has 0 unspecified atom stereocenters. The van der Waals surface area contributed by atoms with Gasteiger partial charge in [-0.2, -0.15) is 5.10 Å². The number of benzene rings is 1. The van der Waals surface area contributed by atoms with Crippen LogP contribution >= 0.6 is 0 Å². The molecular formula is C22H24N6O. The Hall–Kier alpha value is -3.48. The average Bonchev–Trinajstić information content (AvgIpc) is 3.36. The van der Waals surface area contributed by atoms with E-state index in [1.54, 1.807) is 12.3 Å². The smallest absolute Gasteiger partial charge is 0.269 e. The van der Waals surface area contributed by atoms with Gasteiger partial charge in [0.2, 0.25) is 0 Å². The van der Waals surface area contributed by atoms with Crippen molar-refractivity contribution in [2.75, 3.05) is 6.54 Å². The van der Waals surface area contributed by atoms with Crippen molar-refractivity contribution in [1.29, 1.82) is 0 Å². The van der Waals surface area contributed by atoms with Gasteiger partial charge in [-0.3, -0.25) is 14.9 Å². The lowest BCUT2D eigenvalue weighted by atomic mass is 10.2. The van der Waals surface area contributed by atoms with Crippen LogP contribution in [0.15, 0.2) is 54.7 Å². The third-order valence-corrected chi connectivity index (χ3v) is 4.80. The quantitative estimate of drug-likeness (QED) is 0.472. The van der Waals surface area contributed by atoms with Gasteiger partial charge in [0.1, 0.15) is 17.2 Å². The molecule has 0 fully saturated rings. The summed E-state index contributed by atoms with van der Waals surface area (Å²) in [5, 5.41) is 9.91. The number of amides is 1. The van der Waals surface area contributed by atoms with E-state index in [4.69, 9.17) is 4.98 Å². The van der Waals surface area contributed by atoms with Crippen molar-refractivity contribution >= 4 is 16.9 Å². The highest BCUT2D eigenvalue weighted by molar-refractivity contribution is 5.93. The van der Waals surface area contributed by atoms with Gasteiger partial charge in [-0.25, -0.2) is 4.98 Å². The number of nitrogens with zero attached hydrogens (tertiary/aromatic N) is 4. The molecule has 3 aromatic heterocycles. The number of para-hydroxylation sites is 2. The van der Waals surface area contributed by atoms with Crippen LogP contribution in [-0.4, -0.2) is 37.2 Å². The van der Waals surface area contributed by atoms with E-state index in [1.807, 2.05) is 36.4 Å².